The lowest BCUT2D eigenvalue weighted by Gasteiger charge is -2.31. The molecule has 1 aliphatic carbocycles. The first-order valence-corrected chi connectivity index (χ1v) is 8.78. The van der Waals surface area contributed by atoms with Crippen molar-refractivity contribution in [2.24, 2.45) is 0 Å². The molecule has 0 bridgehead atoms. The van der Waals surface area contributed by atoms with E-state index in [4.69, 9.17) is 5.11 Å². The van der Waals surface area contributed by atoms with Crippen LogP contribution in [-0.4, -0.2) is 21.8 Å². The number of aliphatic hydroxyl groups is 1. The molecule has 0 amide bonds. The number of carbonyl (C=O) groups is 1. The summed E-state index contributed by atoms with van der Waals surface area (Å²) >= 11 is 0. The van der Waals surface area contributed by atoms with E-state index < -0.39 is 17.2 Å². The number of hydrogen-bond acceptors (Lipinski definition) is 2. The SMILES string of the molecule is O=C(O)c1ccc(-c2ccc3c(c2)C(O)(C(F)(F)P)c2ccccc2-3)cc1. The highest BCUT2D eigenvalue weighted by molar-refractivity contribution is 7.18. The molecule has 2 atom stereocenters. The fraction of sp³-hybridized carbons (Fsp3) is 0.0952. The van der Waals surface area contributed by atoms with Crippen molar-refractivity contribution >= 4 is 15.2 Å². The van der Waals surface area contributed by atoms with E-state index >= 15 is 0 Å². The normalized spacial score (nSPS) is 18.1. The van der Waals surface area contributed by atoms with Crippen molar-refractivity contribution in [1.82, 2.24) is 0 Å². The molecule has 0 aliphatic heterocycles. The van der Waals surface area contributed by atoms with Gasteiger partial charge in [-0.2, -0.15) is 8.78 Å². The van der Waals surface area contributed by atoms with E-state index in [0.717, 1.165) is 0 Å². The highest BCUT2D eigenvalue weighted by atomic mass is 31.0. The summed E-state index contributed by atoms with van der Waals surface area (Å²) in [6.45, 7) is 0. The Morgan fingerprint density at radius 3 is 2.11 bits per heavy atom. The van der Waals surface area contributed by atoms with Gasteiger partial charge in [0.05, 0.1) is 5.56 Å². The maximum absolute atomic E-state index is 14.5. The van der Waals surface area contributed by atoms with Crippen LogP contribution in [0.5, 0.6) is 0 Å². The van der Waals surface area contributed by atoms with Gasteiger partial charge in [-0.25, -0.2) is 4.79 Å². The molecule has 136 valence electrons. The van der Waals surface area contributed by atoms with Crippen LogP contribution in [0.1, 0.15) is 21.5 Å². The standard InChI is InChI=1S/C21H15F2O3P/c22-21(23,27)20(26)17-4-2-1-3-15(17)16-10-9-14(11-18(16)20)12-5-7-13(8-6-12)19(24)25/h1-11,26H,27H2,(H,24,25). The van der Waals surface area contributed by atoms with E-state index in [1.54, 1.807) is 48.5 Å². The molecule has 0 saturated carbocycles. The van der Waals surface area contributed by atoms with Crippen molar-refractivity contribution in [3.63, 3.8) is 0 Å². The topological polar surface area (TPSA) is 57.5 Å². The van der Waals surface area contributed by atoms with Gasteiger partial charge in [-0.1, -0.05) is 57.8 Å². The number of aromatic carboxylic acids is 1. The molecule has 3 nitrogen and oxygen atoms in total. The molecule has 27 heavy (non-hydrogen) atoms. The molecule has 0 fully saturated rings. The number of carboxylic acids is 1. The summed E-state index contributed by atoms with van der Waals surface area (Å²) in [6, 6.07) is 17.8. The summed E-state index contributed by atoms with van der Waals surface area (Å²) in [4.78, 5) is 11.0. The van der Waals surface area contributed by atoms with Crippen LogP contribution in [0.3, 0.4) is 0 Å². The van der Waals surface area contributed by atoms with Crippen LogP contribution in [0.2, 0.25) is 0 Å². The third-order valence-corrected chi connectivity index (χ3v) is 5.38. The number of hydrogen-bond donors (Lipinski definition) is 2. The van der Waals surface area contributed by atoms with Crippen molar-refractivity contribution in [2.45, 2.75) is 11.3 Å². The van der Waals surface area contributed by atoms with Gasteiger partial charge < -0.3 is 10.2 Å². The first kappa shape index (κ1) is 17.8. The smallest absolute Gasteiger partial charge is 0.335 e. The molecule has 3 aromatic carbocycles. The zero-order valence-electron chi connectivity index (χ0n) is 14.0. The molecule has 0 saturated heterocycles. The summed E-state index contributed by atoms with van der Waals surface area (Å²) in [5.74, 6) is -1.04. The van der Waals surface area contributed by atoms with Gasteiger partial charge in [-0.15, -0.1) is 0 Å². The second-order valence-electron chi connectivity index (χ2n) is 6.52. The molecule has 0 heterocycles. The van der Waals surface area contributed by atoms with E-state index in [0.29, 0.717) is 22.3 Å². The van der Waals surface area contributed by atoms with E-state index in [2.05, 4.69) is 0 Å². The number of carboxylic acid groups (broad SMARTS) is 1. The van der Waals surface area contributed by atoms with E-state index in [-0.39, 0.29) is 16.7 Å². The van der Waals surface area contributed by atoms with Gasteiger partial charge in [-0.3, -0.25) is 0 Å². The minimum Gasteiger partial charge on any atom is -0.478 e. The largest absolute Gasteiger partial charge is 0.478 e. The van der Waals surface area contributed by atoms with Crippen LogP contribution in [0.15, 0.2) is 66.7 Å². The van der Waals surface area contributed by atoms with Crippen molar-refractivity contribution in [1.29, 1.82) is 0 Å². The summed E-state index contributed by atoms with van der Waals surface area (Å²) in [7, 11) is 1.45. The lowest BCUT2D eigenvalue weighted by molar-refractivity contribution is -0.0963. The average molecular weight is 384 g/mol. The zero-order chi connectivity index (χ0) is 19.4. The van der Waals surface area contributed by atoms with Gasteiger partial charge >= 0.3 is 5.97 Å². The molecule has 0 radical (unpaired) electrons. The van der Waals surface area contributed by atoms with Crippen LogP contribution in [0, 0.1) is 0 Å². The second kappa shape index (κ2) is 5.95. The van der Waals surface area contributed by atoms with Crippen LogP contribution in [-0.2, 0) is 5.60 Å². The fourth-order valence-electron chi connectivity index (χ4n) is 3.60. The fourth-order valence-corrected chi connectivity index (χ4v) is 3.91. The number of rotatable bonds is 3. The Hall–Kier alpha value is -2.62. The number of alkyl halides is 2. The second-order valence-corrected chi connectivity index (χ2v) is 7.25. The van der Waals surface area contributed by atoms with Crippen molar-refractivity contribution in [2.75, 3.05) is 0 Å². The highest BCUT2D eigenvalue weighted by Crippen LogP contribution is 2.57. The Morgan fingerprint density at radius 1 is 0.889 bits per heavy atom. The Kier molecular flexibility index (Phi) is 3.91. The van der Waals surface area contributed by atoms with Crippen molar-refractivity contribution < 1.29 is 23.8 Å². The lowest BCUT2D eigenvalue weighted by atomic mass is 9.89. The van der Waals surface area contributed by atoms with Crippen LogP contribution in [0.25, 0.3) is 22.3 Å². The highest BCUT2D eigenvalue weighted by Gasteiger charge is 2.56. The molecule has 2 N–H and O–H groups in total. The quantitative estimate of drug-likeness (QED) is 0.642. The van der Waals surface area contributed by atoms with Crippen molar-refractivity contribution in [3.05, 3.63) is 83.4 Å². The Bertz CT molecular complexity index is 1060. The number of halogens is 2. The molecular weight excluding hydrogens is 369 g/mol. The third kappa shape index (κ3) is 2.58. The lowest BCUT2D eigenvalue weighted by Crippen LogP contribution is -2.40. The predicted octanol–water partition coefficient (Wildman–Crippen LogP) is 4.74. The molecule has 4 rings (SSSR count). The molecule has 2 unspecified atom stereocenters. The Labute approximate surface area is 156 Å². The number of fused-ring (bicyclic) bond motifs is 3. The van der Waals surface area contributed by atoms with Gasteiger partial charge in [-0.05, 0) is 40.5 Å². The van der Waals surface area contributed by atoms with Crippen LogP contribution in [0.4, 0.5) is 8.78 Å². The Balaban J connectivity index is 1.90. The molecule has 0 aromatic heterocycles. The van der Waals surface area contributed by atoms with E-state index in [9.17, 15) is 18.7 Å². The van der Waals surface area contributed by atoms with E-state index in [1.807, 2.05) is 0 Å². The maximum Gasteiger partial charge on any atom is 0.335 e. The summed E-state index contributed by atoms with van der Waals surface area (Å²) in [5.41, 5.74) is -3.08. The molecule has 6 heteroatoms. The van der Waals surface area contributed by atoms with E-state index in [1.165, 1.54) is 27.4 Å². The monoisotopic (exact) mass is 384 g/mol. The minimum atomic E-state index is -3.47. The molecule has 3 aromatic rings. The van der Waals surface area contributed by atoms with Gasteiger partial charge in [0.1, 0.15) is 0 Å². The first-order chi connectivity index (χ1) is 12.7. The van der Waals surface area contributed by atoms with Gasteiger partial charge in [0.2, 0.25) is 0 Å². The molecule has 0 spiro atoms. The first-order valence-electron chi connectivity index (χ1n) is 8.20. The summed E-state index contributed by atoms with van der Waals surface area (Å²) < 4.78 is 29.0. The summed E-state index contributed by atoms with van der Waals surface area (Å²) in [6.07, 6.45) is 0. The Morgan fingerprint density at radius 2 is 1.48 bits per heavy atom. The maximum atomic E-state index is 14.5. The predicted molar refractivity (Wildman–Crippen MR) is 102 cm³/mol. The summed E-state index contributed by atoms with van der Waals surface area (Å²) in [5, 5.41) is 20.1. The number of benzene rings is 3. The minimum absolute atomic E-state index is 0.128. The van der Waals surface area contributed by atoms with Gasteiger partial charge in [0.15, 0.2) is 5.60 Å². The third-order valence-electron chi connectivity index (χ3n) is 4.96. The zero-order valence-corrected chi connectivity index (χ0v) is 15.1. The van der Waals surface area contributed by atoms with Gasteiger partial charge in [0.25, 0.3) is 5.66 Å². The van der Waals surface area contributed by atoms with Crippen LogP contribution >= 0.6 is 9.24 Å². The van der Waals surface area contributed by atoms with Crippen molar-refractivity contribution in [3.8, 4) is 22.3 Å². The van der Waals surface area contributed by atoms with Crippen LogP contribution < -0.4 is 0 Å². The molecule has 1 aliphatic rings. The average Bonchev–Trinajstić information content (AvgIpc) is 2.92. The van der Waals surface area contributed by atoms with Gasteiger partial charge in [0, 0.05) is 11.1 Å². The molecular formula is C21H15F2O3P.